The summed E-state index contributed by atoms with van der Waals surface area (Å²) in [6, 6.07) is 9.74. The zero-order valence-electron chi connectivity index (χ0n) is 9.48. The van der Waals surface area contributed by atoms with Gasteiger partial charge in [0.1, 0.15) is 5.75 Å². The minimum atomic E-state index is 0.396. The zero-order chi connectivity index (χ0) is 12.3. The predicted octanol–water partition coefficient (Wildman–Crippen LogP) is 3.40. The van der Waals surface area contributed by atoms with Crippen LogP contribution in [0.15, 0.2) is 41.0 Å². The van der Waals surface area contributed by atoms with E-state index < -0.39 is 0 Å². The molecule has 0 aliphatic heterocycles. The third kappa shape index (κ3) is 3.05. The van der Waals surface area contributed by atoms with E-state index in [4.69, 9.17) is 10.5 Å². The number of hydrogen-bond donors (Lipinski definition) is 1. The minimum absolute atomic E-state index is 0.396. The van der Waals surface area contributed by atoms with Gasteiger partial charge in [-0.05, 0) is 41.1 Å². The first kappa shape index (κ1) is 12.1. The quantitative estimate of drug-likeness (QED) is 0.943. The number of nitrogens with two attached hydrogens (primary N) is 1. The van der Waals surface area contributed by atoms with Crippen molar-refractivity contribution in [2.45, 2.75) is 13.5 Å². The lowest BCUT2D eigenvalue weighted by molar-refractivity contribution is 0.456. The van der Waals surface area contributed by atoms with Crippen molar-refractivity contribution in [1.29, 1.82) is 0 Å². The van der Waals surface area contributed by atoms with Crippen LogP contribution in [0.3, 0.4) is 0 Å². The number of halogens is 1. The molecule has 0 bridgehead atoms. The van der Waals surface area contributed by atoms with E-state index in [2.05, 4.69) is 20.9 Å². The molecule has 0 radical (unpaired) electrons. The number of nitrogens with zero attached hydrogens (tertiary/aromatic N) is 1. The molecular weight excluding hydrogens is 280 g/mol. The molecule has 0 saturated heterocycles. The van der Waals surface area contributed by atoms with Gasteiger partial charge in [0.05, 0.1) is 0 Å². The molecule has 0 fully saturated rings. The predicted molar refractivity (Wildman–Crippen MR) is 71.1 cm³/mol. The molecule has 3 nitrogen and oxygen atoms in total. The van der Waals surface area contributed by atoms with Crippen LogP contribution in [0.4, 0.5) is 0 Å². The number of benzene rings is 1. The van der Waals surface area contributed by atoms with Gasteiger partial charge < -0.3 is 10.5 Å². The Morgan fingerprint density at radius 3 is 2.65 bits per heavy atom. The van der Waals surface area contributed by atoms with Crippen LogP contribution in [0.5, 0.6) is 11.6 Å². The minimum Gasteiger partial charge on any atom is -0.439 e. The molecule has 0 amide bonds. The summed E-state index contributed by atoms with van der Waals surface area (Å²) in [5, 5.41) is 0. The maximum Gasteiger partial charge on any atom is 0.223 e. The topological polar surface area (TPSA) is 48.1 Å². The van der Waals surface area contributed by atoms with Crippen LogP contribution in [0.25, 0.3) is 0 Å². The molecule has 88 valence electrons. The van der Waals surface area contributed by atoms with Gasteiger partial charge in [-0.1, -0.05) is 17.7 Å². The summed E-state index contributed by atoms with van der Waals surface area (Å²) in [5.41, 5.74) is 7.73. The highest BCUT2D eigenvalue weighted by Gasteiger charge is 2.06. The van der Waals surface area contributed by atoms with Gasteiger partial charge in [-0.2, -0.15) is 0 Å². The molecule has 17 heavy (non-hydrogen) atoms. The molecular formula is C13H13BrN2O. The van der Waals surface area contributed by atoms with Gasteiger partial charge in [0, 0.05) is 22.8 Å². The average Bonchev–Trinajstić information content (AvgIpc) is 2.34. The second-order valence-corrected chi connectivity index (χ2v) is 4.65. The Labute approximate surface area is 109 Å². The maximum atomic E-state index is 5.70. The first-order chi connectivity index (χ1) is 8.19. The molecule has 2 N–H and O–H groups in total. The summed E-state index contributed by atoms with van der Waals surface area (Å²) in [5.74, 6) is 1.32. The number of hydrogen-bond acceptors (Lipinski definition) is 3. The molecule has 0 atom stereocenters. The third-order valence-corrected chi connectivity index (χ3v) is 2.78. The van der Waals surface area contributed by atoms with Crippen molar-refractivity contribution in [2.24, 2.45) is 5.73 Å². The first-order valence-electron chi connectivity index (χ1n) is 5.28. The summed E-state index contributed by atoms with van der Waals surface area (Å²) in [4.78, 5) is 4.22. The SMILES string of the molecule is Cc1ccc(Oc2ncc(Br)cc2CN)cc1. The van der Waals surface area contributed by atoms with E-state index in [1.54, 1.807) is 6.20 Å². The van der Waals surface area contributed by atoms with E-state index >= 15 is 0 Å². The summed E-state index contributed by atoms with van der Waals surface area (Å²) >= 11 is 3.36. The van der Waals surface area contributed by atoms with E-state index in [9.17, 15) is 0 Å². The van der Waals surface area contributed by atoms with Crippen LogP contribution in [0.1, 0.15) is 11.1 Å². The molecule has 2 aromatic rings. The Hall–Kier alpha value is -1.39. The van der Waals surface area contributed by atoms with E-state index in [1.165, 1.54) is 5.56 Å². The molecule has 0 spiro atoms. The number of rotatable bonds is 3. The molecule has 0 aliphatic carbocycles. The molecule has 0 unspecified atom stereocenters. The Morgan fingerprint density at radius 1 is 1.29 bits per heavy atom. The van der Waals surface area contributed by atoms with Gasteiger partial charge in [-0.25, -0.2) is 4.98 Å². The third-order valence-electron chi connectivity index (χ3n) is 2.35. The molecule has 1 heterocycles. The average molecular weight is 293 g/mol. The molecule has 1 aromatic carbocycles. The maximum absolute atomic E-state index is 5.70. The van der Waals surface area contributed by atoms with Crippen LogP contribution in [-0.2, 0) is 6.54 Å². The smallest absolute Gasteiger partial charge is 0.223 e. The number of aromatic nitrogens is 1. The fourth-order valence-electron chi connectivity index (χ4n) is 1.42. The Morgan fingerprint density at radius 2 is 2.00 bits per heavy atom. The van der Waals surface area contributed by atoms with Crippen LogP contribution in [-0.4, -0.2) is 4.98 Å². The molecule has 0 aliphatic rings. The first-order valence-corrected chi connectivity index (χ1v) is 6.07. The van der Waals surface area contributed by atoms with Crippen molar-refractivity contribution in [3.05, 3.63) is 52.1 Å². The molecule has 2 rings (SSSR count). The van der Waals surface area contributed by atoms with E-state index in [-0.39, 0.29) is 0 Å². The molecule has 1 aromatic heterocycles. The number of pyridine rings is 1. The Bertz CT molecular complexity index is 511. The van der Waals surface area contributed by atoms with Crippen molar-refractivity contribution in [3.63, 3.8) is 0 Å². The molecule has 0 saturated carbocycles. The second kappa shape index (κ2) is 5.29. The van der Waals surface area contributed by atoms with Crippen molar-refractivity contribution in [3.8, 4) is 11.6 Å². The summed E-state index contributed by atoms with van der Waals surface area (Å²) in [6.07, 6.45) is 1.70. The second-order valence-electron chi connectivity index (χ2n) is 3.74. The van der Waals surface area contributed by atoms with Gasteiger partial charge in [-0.15, -0.1) is 0 Å². The summed E-state index contributed by atoms with van der Waals surface area (Å²) in [7, 11) is 0. The fraction of sp³-hybridized carbons (Fsp3) is 0.154. The van der Waals surface area contributed by atoms with Crippen molar-refractivity contribution >= 4 is 15.9 Å². The van der Waals surface area contributed by atoms with E-state index in [0.29, 0.717) is 12.4 Å². The van der Waals surface area contributed by atoms with Crippen LogP contribution >= 0.6 is 15.9 Å². The van der Waals surface area contributed by atoms with Gasteiger partial charge in [0.25, 0.3) is 0 Å². The summed E-state index contributed by atoms with van der Waals surface area (Å²) in [6.45, 7) is 2.43. The normalized spacial score (nSPS) is 10.3. The van der Waals surface area contributed by atoms with Gasteiger partial charge in [0.2, 0.25) is 5.88 Å². The highest BCUT2D eigenvalue weighted by molar-refractivity contribution is 9.10. The standard InChI is InChI=1S/C13H13BrN2O/c1-9-2-4-12(5-3-9)17-13-10(7-15)6-11(14)8-16-13/h2-6,8H,7,15H2,1H3. The van der Waals surface area contributed by atoms with Gasteiger partial charge in [0.15, 0.2) is 0 Å². The van der Waals surface area contributed by atoms with Crippen LogP contribution < -0.4 is 10.5 Å². The van der Waals surface area contributed by atoms with Gasteiger partial charge >= 0.3 is 0 Å². The lowest BCUT2D eigenvalue weighted by Crippen LogP contribution is -2.01. The zero-order valence-corrected chi connectivity index (χ0v) is 11.1. The highest BCUT2D eigenvalue weighted by Crippen LogP contribution is 2.25. The van der Waals surface area contributed by atoms with Crippen LogP contribution in [0, 0.1) is 6.92 Å². The lowest BCUT2D eigenvalue weighted by atomic mass is 10.2. The number of ether oxygens (including phenoxy) is 1. The number of aryl methyl sites for hydroxylation is 1. The van der Waals surface area contributed by atoms with E-state index in [1.807, 2.05) is 37.3 Å². The summed E-state index contributed by atoms with van der Waals surface area (Å²) < 4.78 is 6.60. The van der Waals surface area contributed by atoms with Crippen molar-refractivity contribution in [2.75, 3.05) is 0 Å². The Balaban J connectivity index is 2.26. The van der Waals surface area contributed by atoms with Crippen molar-refractivity contribution < 1.29 is 4.74 Å². The highest BCUT2D eigenvalue weighted by atomic mass is 79.9. The van der Waals surface area contributed by atoms with Crippen LogP contribution in [0.2, 0.25) is 0 Å². The van der Waals surface area contributed by atoms with Gasteiger partial charge in [-0.3, -0.25) is 0 Å². The largest absolute Gasteiger partial charge is 0.439 e. The Kier molecular flexibility index (Phi) is 3.76. The fourth-order valence-corrected chi connectivity index (χ4v) is 1.80. The lowest BCUT2D eigenvalue weighted by Gasteiger charge is -2.09. The van der Waals surface area contributed by atoms with E-state index in [0.717, 1.165) is 15.8 Å². The monoisotopic (exact) mass is 292 g/mol. The van der Waals surface area contributed by atoms with Crippen molar-refractivity contribution in [1.82, 2.24) is 4.98 Å². The molecule has 4 heteroatoms.